The standard InChI is InChI=1S/C18H16N2O3/c1-12-16(17(20-23-12)13-7-4-3-5-8-13)18(21)19-14-9-6-10-15(11-14)22-2/h3-11H,1-2H3,(H,19,21). The van der Waals surface area contributed by atoms with Gasteiger partial charge in [0.25, 0.3) is 5.91 Å². The molecule has 5 nitrogen and oxygen atoms in total. The van der Waals surface area contributed by atoms with Crippen LogP contribution in [0.2, 0.25) is 0 Å². The van der Waals surface area contributed by atoms with Crippen molar-refractivity contribution in [3.05, 3.63) is 65.9 Å². The van der Waals surface area contributed by atoms with Gasteiger partial charge in [0.1, 0.15) is 22.8 Å². The van der Waals surface area contributed by atoms with Gasteiger partial charge in [-0.25, -0.2) is 0 Å². The van der Waals surface area contributed by atoms with Crippen molar-refractivity contribution in [2.45, 2.75) is 6.92 Å². The molecule has 23 heavy (non-hydrogen) atoms. The van der Waals surface area contributed by atoms with Crippen LogP contribution in [0.15, 0.2) is 59.1 Å². The van der Waals surface area contributed by atoms with Crippen LogP contribution in [-0.2, 0) is 0 Å². The number of ether oxygens (including phenoxy) is 1. The lowest BCUT2D eigenvalue weighted by Crippen LogP contribution is -2.13. The first-order chi connectivity index (χ1) is 11.2. The van der Waals surface area contributed by atoms with Crippen molar-refractivity contribution in [2.75, 3.05) is 12.4 Å². The molecule has 1 heterocycles. The second kappa shape index (κ2) is 6.36. The number of hydrogen-bond acceptors (Lipinski definition) is 4. The lowest BCUT2D eigenvalue weighted by molar-refractivity contribution is 0.102. The number of nitrogens with one attached hydrogen (secondary N) is 1. The number of carbonyl (C=O) groups is 1. The molecule has 5 heteroatoms. The zero-order valence-corrected chi connectivity index (χ0v) is 12.9. The molecule has 0 spiro atoms. The van der Waals surface area contributed by atoms with Gasteiger partial charge in [-0.2, -0.15) is 0 Å². The number of carbonyl (C=O) groups excluding carboxylic acids is 1. The van der Waals surface area contributed by atoms with Crippen LogP contribution in [-0.4, -0.2) is 18.2 Å². The fourth-order valence-corrected chi connectivity index (χ4v) is 2.33. The largest absolute Gasteiger partial charge is 0.497 e. The van der Waals surface area contributed by atoms with Crippen LogP contribution in [0.3, 0.4) is 0 Å². The molecule has 0 atom stereocenters. The summed E-state index contributed by atoms with van der Waals surface area (Å²) in [4.78, 5) is 12.6. The Morgan fingerprint density at radius 3 is 2.65 bits per heavy atom. The summed E-state index contributed by atoms with van der Waals surface area (Å²) in [6.07, 6.45) is 0. The SMILES string of the molecule is COc1cccc(NC(=O)c2c(-c3ccccc3)noc2C)c1. The molecule has 0 aliphatic heterocycles. The van der Waals surface area contributed by atoms with Crippen molar-refractivity contribution in [3.63, 3.8) is 0 Å². The number of rotatable bonds is 4. The summed E-state index contributed by atoms with van der Waals surface area (Å²) < 4.78 is 10.4. The zero-order valence-electron chi connectivity index (χ0n) is 12.9. The Hall–Kier alpha value is -3.08. The first kappa shape index (κ1) is 14.8. The fraction of sp³-hybridized carbons (Fsp3) is 0.111. The lowest BCUT2D eigenvalue weighted by atomic mass is 10.1. The van der Waals surface area contributed by atoms with Gasteiger partial charge < -0.3 is 14.6 Å². The molecule has 0 aliphatic rings. The third-order valence-corrected chi connectivity index (χ3v) is 3.46. The molecule has 1 N–H and O–H groups in total. The molecule has 0 radical (unpaired) electrons. The lowest BCUT2D eigenvalue weighted by Gasteiger charge is -2.07. The number of amides is 1. The third-order valence-electron chi connectivity index (χ3n) is 3.46. The van der Waals surface area contributed by atoms with Crippen LogP contribution in [0.1, 0.15) is 16.1 Å². The van der Waals surface area contributed by atoms with Gasteiger partial charge in [0, 0.05) is 17.3 Å². The van der Waals surface area contributed by atoms with E-state index in [4.69, 9.17) is 9.26 Å². The average Bonchev–Trinajstić information content (AvgIpc) is 2.97. The van der Waals surface area contributed by atoms with E-state index >= 15 is 0 Å². The van der Waals surface area contributed by atoms with Gasteiger partial charge in [0.05, 0.1) is 7.11 Å². The van der Waals surface area contributed by atoms with Crippen LogP contribution in [0.4, 0.5) is 5.69 Å². The summed E-state index contributed by atoms with van der Waals surface area (Å²) in [6.45, 7) is 1.72. The molecule has 0 bridgehead atoms. The highest BCUT2D eigenvalue weighted by Crippen LogP contribution is 2.26. The summed E-state index contributed by atoms with van der Waals surface area (Å²) in [6, 6.07) is 16.6. The number of hydrogen-bond donors (Lipinski definition) is 1. The zero-order chi connectivity index (χ0) is 16.2. The Balaban J connectivity index is 1.92. The van der Waals surface area contributed by atoms with E-state index in [0.29, 0.717) is 28.5 Å². The van der Waals surface area contributed by atoms with Crippen molar-refractivity contribution in [2.24, 2.45) is 0 Å². The first-order valence-corrected chi connectivity index (χ1v) is 7.16. The first-order valence-electron chi connectivity index (χ1n) is 7.16. The normalized spacial score (nSPS) is 10.3. The molecule has 0 saturated heterocycles. The second-order valence-electron chi connectivity index (χ2n) is 5.01. The molecule has 0 saturated carbocycles. The molecular weight excluding hydrogens is 292 g/mol. The maximum absolute atomic E-state index is 12.6. The number of aryl methyl sites for hydroxylation is 1. The maximum Gasteiger partial charge on any atom is 0.261 e. The Labute approximate surface area is 133 Å². The molecule has 1 aromatic heterocycles. The Morgan fingerprint density at radius 1 is 1.13 bits per heavy atom. The average molecular weight is 308 g/mol. The number of anilines is 1. The van der Waals surface area contributed by atoms with E-state index in [0.717, 1.165) is 5.56 Å². The molecule has 0 aliphatic carbocycles. The van der Waals surface area contributed by atoms with E-state index in [1.807, 2.05) is 42.5 Å². The van der Waals surface area contributed by atoms with Crippen LogP contribution in [0.5, 0.6) is 5.75 Å². The van der Waals surface area contributed by atoms with Gasteiger partial charge in [0.15, 0.2) is 0 Å². The van der Waals surface area contributed by atoms with E-state index in [1.165, 1.54) is 0 Å². The van der Waals surface area contributed by atoms with E-state index in [2.05, 4.69) is 10.5 Å². The highest BCUT2D eigenvalue weighted by Gasteiger charge is 2.21. The topological polar surface area (TPSA) is 64.4 Å². The quantitative estimate of drug-likeness (QED) is 0.793. The Morgan fingerprint density at radius 2 is 1.91 bits per heavy atom. The van der Waals surface area contributed by atoms with Gasteiger partial charge in [-0.3, -0.25) is 4.79 Å². The van der Waals surface area contributed by atoms with E-state index in [-0.39, 0.29) is 5.91 Å². The number of methoxy groups -OCH3 is 1. The van der Waals surface area contributed by atoms with Gasteiger partial charge in [0.2, 0.25) is 0 Å². The van der Waals surface area contributed by atoms with Crippen molar-refractivity contribution < 1.29 is 14.1 Å². The molecule has 0 fully saturated rings. The molecule has 3 aromatic rings. The van der Waals surface area contributed by atoms with Crippen LogP contribution >= 0.6 is 0 Å². The second-order valence-corrected chi connectivity index (χ2v) is 5.01. The highest BCUT2D eigenvalue weighted by atomic mass is 16.5. The van der Waals surface area contributed by atoms with Gasteiger partial charge in [-0.1, -0.05) is 41.6 Å². The molecule has 2 aromatic carbocycles. The van der Waals surface area contributed by atoms with Crippen molar-refractivity contribution in [1.82, 2.24) is 5.16 Å². The number of aromatic nitrogens is 1. The van der Waals surface area contributed by atoms with E-state index in [9.17, 15) is 4.79 Å². The van der Waals surface area contributed by atoms with Crippen LogP contribution < -0.4 is 10.1 Å². The predicted molar refractivity (Wildman–Crippen MR) is 87.6 cm³/mol. The number of nitrogens with zero attached hydrogens (tertiary/aromatic N) is 1. The summed E-state index contributed by atoms with van der Waals surface area (Å²) in [5.74, 6) is 0.883. The smallest absolute Gasteiger partial charge is 0.261 e. The Bertz CT molecular complexity index is 825. The predicted octanol–water partition coefficient (Wildman–Crippen LogP) is 3.91. The van der Waals surface area contributed by atoms with Crippen LogP contribution in [0.25, 0.3) is 11.3 Å². The summed E-state index contributed by atoms with van der Waals surface area (Å²) in [5.41, 5.74) is 2.44. The van der Waals surface area contributed by atoms with E-state index < -0.39 is 0 Å². The van der Waals surface area contributed by atoms with E-state index in [1.54, 1.807) is 26.2 Å². The Kier molecular flexibility index (Phi) is 4.10. The monoisotopic (exact) mass is 308 g/mol. The highest BCUT2D eigenvalue weighted by molar-refractivity contribution is 6.08. The fourth-order valence-electron chi connectivity index (χ4n) is 2.33. The third kappa shape index (κ3) is 3.08. The van der Waals surface area contributed by atoms with Crippen molar-refractivity contribution in [1.29, 1.82) is 0 Å². The van der Waals surface area contributed by atoms with Crippen LogP contribution in [0, 0.1) is 6.92 Å². The van der Waals surface area contributed by atoms with Gasteiger partial charge in [-0.15, -0.1) is 0 Å². The minimum Gasteiger partial charge on any atom is -0.497 e. The minimum atomic E-state index is -0.268. The molecule has 3 rings (SSSR count). The minimum absolute atomic E-state index is 0.268. The van der Waals surface area contributed by atoms with Gasteiger partial charge >= 0.3 is 0 Å². The summed E-state index contributed by atoms with van der Waals surface area (Å²) >= 11 is 0. The van der Waals surface area contributed by atoms with Crippen molar-refractivity contribution >= 4 is 11.6 Å². The maximum atomic E-state index is 12.6. The summed E-state index contributed by atoms with van der Waals surface area (Å²) in [7, 11) is 1.58. The van der Waals surface area contributed by atoms with Gasteiger partial charge in [-0.05, 0) is 19.1 Å². The number of benzene rings is 2. The molecule has 1 amide bonds. The summed E-state index contributed by atoms with van der Waals surface area (Å²) in [5, 5.41) is 6.87. The molecule has 116 valence electrons. The van der Waals surface area contributed by atoms with Crippen molar-refractivity contribution in [3.8, 4) is 17.0 Å². The molecular formula is C18H16N2O3. The molecule has 0 unspecified atom stereocenters.